The Morgan fingerprint density at radius 1 is 1.09 bits per heavy atom. The van der Waals surface area contributed by atoms with Crippen molar-refractivity contribution in [1.29, 1.82) is 0 Å². The van der Waals surface area contributed by atoms with Gasteiger partial charge in [0.05, 0.1) is 11.3 Å². The predicted molar refractivity (Wildman–Crippen MR) is 126 cm³/mol. The normalized spacial score (nSPS) is 20.2. The number of urea groups is 1. The third-order valence-electron chi connectivity index (χ3n) is 6.75. The standard InChI is InChI=1S/C24H30F4N6O/c1-33(2)21-17-5-3-4-6-20(17)31-23(32-21)30-14-7-9-15(10-8-14)34(22(29)35)16-11-12-19(25)18(13-16)24(26,27)28/h11-15H,3-10H2,1-2H3,(H2,29,35)(H,30,31,32)/t14-,15+. The average molecular weight is 495 g/mol. The first kappa shape index (κ1) is 25.0. The molecule has 0 atom stereocenters. The molecule has 1 fully saturated rings. The van der Waals surface area contributed by atoms with Crippen LogP contribution in [0.4, 0.5) is 39.8 Å². The third-order valence-corrected chi connectivity index (χ3v) is 6.75. The number of hydrogen-bond acceptors (Lipinski definition) is 5. The van der Waals surface area contributed by atoms with E-state index in [4.69, 9.17) is 15.7 Å². The Balaban J connectivity index is 1.47. The summed E-state index contributed by atoms with van der Waals surface area (Å²) in [5.41, 5.74) is 6.33. The van der Waals surface area contributed by atoms with Gasteiger partial charge in [0.15, 0.2) is 0 Å². The lowest BCUT2D eigenvalue weighted by molar-refractivity contribution is -0.139. The maximum absolute atomic E-state index is 13.7. The van der Waals surface area contributed by atoms with Crippen molar-refractivity contribution in [3.63, 3.8) is 0 Å². The second-order valence-electron chi connectivity index (χ2n) is 9.42. The number of alkyl halides is 3. The second kappa shape index (κ2) is 9.87. The number of amides is 2. The molecule has 0 radical (unpaired) electrons. The maximum atomic E-state index is 13.7. The molecule has 2 aliphatic rings. The van der Waals surface area contributed by atoms with Crippen molar-refractivity contribution in [2.45, 2.75) is 69.6 Å². The molecule has 1 heterocycles. The highest BCUT2D eigenvalue weighted by molar-refractivity contribution is 5.91. The molecule has 0 spiro atoms. The molecule has 1 aromatic carbocycles. The fourth-order valence-corrected chi connectivity index (χ4v) is 5.07. The van der Waals surface area contributed by atoms with Gasteiger partial charge >= 0.3 is 12.2 Å². The summed E-state index contributed by atoms with van der Waals surface area (Å²) in [6.45, 7) is 0. The quantitative estimate of drug-likeness (QED) is 0.578. The molecule has 0 saturated heterocycles. The highest BCUT2D eigenvalue weighted by atomic mass is 19.4. The number of nitrogens with one attached hydrogen (secondary N) is 1. The lowest BCUT2D eigenvalue weighted by Crippen LogP contribution is -2.47. The van der Waals surface area contributed by atoms with Crippen LogP contribution >= 0.6 is 0 Å². The number of hydrogen-bond donors (Lipinski definition) is 2. The van der Waals surface area contributed by atoms with Crippen molar-refractivity contribution >= 4 is 23.5 Å². The van der Waals surface area contributed by atoms with Crippen LogP contribution in [-0.4, -0.2) is 42.2 Å². The number of carbonyl (C=O) groups excluding carboxylic acids is 1. The van der Waals surface area contributed by atoms with Gasteiger partial charge in [-0.05, 0) is 69.6 Å². The van der Waals surface area contributed by atoms with Gasteiger partial charge < -0.3 is 16.0 Å². The van der Waals surface area contributed by atoms with E-state index in [1.54, 1.807) is 0 Å². The minimum Gasteiger partial charge on any atom is -0.362 e. The smallest absolute Gasteiger partial charge is 0.362 e. The molecule has 0 aliphatic heterocycles. The molecule has 2 aromatic rings. The average Bonchev–Trinajstić information content (AvgIpc) is 2.80. The van der Waals surface area contributed by atoms with E-state index in [-0.39, 0.29) is 17.8 Å². The summed E-state index contributed by atoms with van der Waals surface area (Å²) in [4.78, 5) is 24.8. The van der Waals surface area contributed by atoms with Gasteiger partial charge in [-0.2, -0.15) is 18.2 Å². The van der Waals surface area contributed by atoms with Crippen LogP contribution in [0.5, 0.6) is 0 Å². The van der Waals surface area contributed by atoms with Gasteiger partial charge in [-0.15, -0.1) is 0 Å². The maximum Gasteiger partial charge on any atom is 0.419 e. The Morgan fingerprint density at radius 3 is 2.40 bits per heavy atom. The summed E-state index contributed by atoms with van der Waals surface area (Å²) in [5.74, 6) is 0.0983. The minimum atomic E-state index is -4.87. The Morgan fingerprint density at radius 2 is 1.77 bits per heavy atom. The van der Waals surface area contributed by atoms with Crippen molar-refractivity contribution in [2.24, 2.45) is 5.73 Å². The summed E-state index contributed by atoms with van der Waals surface area (Å²) in [7, 11) is 3.93. The highest BCUT2D eigenvalue weighted by Crippen LogP contribution is 2.36. The van der Waals surface area contributed by atoms with Crippen LogP contribution in [0.1, 0.15) is 55.3 Å². The number of nitrogens with two attached hydrogens (primary N) is 1. The number of fused-ring (bicyclic) bond motifs is 1. The van der Waals surface area contributed by atoms with Crippen LogP contribution in [0, 0.1) is 5.82 Å². The lowest BCUT2D eigenvalue weighted by atomic mass is 9.90. The first-order valence-electron chi connectivity index (χ1n) is 11.8. The second-order valence-corrected chi connectivity index (χ2v) is 9.42. The molecule has 2 amide bonds. The molecule has 0 unspecified atom stereocenters. The van der Waals surface area contributed by atoms with Gasteiger partial charge in [0.2, 0.25) is 5.95 Å². The van der Waals surface area contributed by atoms with E-state index in [0.29, 0.717) is 37.7 Å². The largest absolute Gasteiger partial charge is 0.419 e. The van der Waals surface area contributed by atoms with E-state index in [1.165, 1.54) is 5.56 Å². The molecule has 35 heavy (non-hydrogen) atoms. The summed E-state index contributed by atoms with van der Waals surface area (Å²) < 4.78 is 53.3. The monoisotopic (exact) mass is 494 g/mol. The highest BCUT2D eigenvalue weighted by Gasteiger charge is 2.36. The van der Waals surface area contributed by atoms with Gasteiger partial charge in [0, 0.05) is 37.4 Å². The van der Waals surface area contributed by atoms with Gasteiger partial charge in [0.25, 0.3) is 0 Å². The SMILES string of the molecule is CN(C)c1nc(N[C@H]2CC[C@@H](N(C(N)=O)c3ccc(F)c(C(F)(F)F)c3)CC2)nc2c1CCCC2. The molecule has 3 N–H and O–H groups in total. The predicted octanol–water partition coefficient (Wildman–Crippen LogP) is 4.89. The summed E-state index contributed by atoms with van der Waals surface area (Å²) >= 11 is 0. The summed E-state index contributed by atoms with van der Waals surface area (Å²) in [6, 6.07) is 1.32. The van der Waals surface area contributed by atoms with Gasteiger partial charge in [-0.3, -0.25) is 4.90 Å². The minimum absolute atomic E-state index is 0.0524. The van der Waals surface area contributed by atoms with Crippen molar-refractivity contribution in [3.05, 3.63) is 40.8 Å². The third kappa shape index (κ3) is 5.43. The molecule has 190 valence electrons. The number of halogens is 4. The first-order chi connectivity index (χ1) is 16.5. The summed E-state index contributed by atoms with van der Waals surface area (Å²) in [6.07, 6.45) is 1.59. The van der Waals surface area contributed by atoms with E-state index in [1.807, 2.05) is 19.0 Å². The van der Waals surface area contributed by atoms with Gasteiger partial charge in [-0.25, -0.2) is 14.2 Å². The number of anilines is 3. The Hall–Kier alpha value is -3.11. The van der Waals surface area contributed by atoms with Crippen molar-refractivity contribution in [1.82, 2.24) is 9.97 Å². The summed E-state index contributed by atoms with van der Waals surface area (Å²) in [5, 5.41) is 3.41. The molecule has 2 aliphatic carbocycles. The van der Waals surface area contributed by atoms with Crippen molar-refractivity contribution < 1.29 is 22.4 Å². The number of aromatic nitrogens is 2. The van der Waals surface area contributed by atoms with Crippen molar-refractivity contribution in [2.75, 3.05) is 29.2 Å². The van der Waals surface area contributed by atoms with Crippen LogP contribution < -0.4 is 20.9 Å². The fourth-order valence-electron chi connectivity index (χ4n) is 5.07. The van der Waals surface area contributed by atoms with Gasteiger partial charge in [-0.1, -0.05) is 0 Å². The molecular weight excluding hydrogens is 464 g/mol. The van der Waals surface area contributed by atoms with Crippen LogP contribution in [0.15, 0.2) is 18.2 Å². The zero-order chi connectivity index (χ0) is 25.3. The number of benzene rings is 1. The van der Waals surface area contributed by atoms with Crippen molar-refractivity contribution in [3.8, 4) is 0 Å². The van der Waals surface area contributed by atoms with E-state index in [9.17, 15) is 22.4 Å². The Kier molecular flexibility index (Phi) is 7.05. The topological polar surface area (TPSA) is 87.4 Å². The molecule has 11 heteroatoms. The molecule has 7 nitrogen and oxygen atoms in total. The van der Waals surface area contributed by atoms with Crippen LogP contribution in [0.25, 0.3) is 0 Å². The number of primary amides is 1. The zero-order valence-corrected chi connectivity index (χ0v) is 19.8. The number of nitrogens with zero attached hydrogens (tertiary/aromatic N) is 4. The first-order valence-corrected chi connectivity index (χ1v) is 11.8. The van der Waals surface area contributed by atoms with E-state index in [0.717, 1.165) is 54.2 Å². The molecule has 0 bridgehead atoms. The number of rotatable bonds is 5. The van der Waals surface area contributed by atoms with E-state index >= 15 is 0 Å². The Labute approximate surface area is 201 Å². The van der Waals surface area contributed by atoms with Gasteiger partial charge in [0.1, 0.15) is 11.6 Å². The molecule has 1 aromatic heterocycles. The van der Waals surface area contributed by atoms with E-state index in [2.05, 4.69) is 5.32 Å². The fraction of sp³-hybridized carbons (Fsp3) is 0.542. The van der Waals surface area contributed by atoms with Crippen LogP contribution in [0.3, 0.4) is 0 Å². The molecular formula is C24H30F4N6O. The van der Waals surface area contributed by atoms with Crippen LogP contribution in [0.2, 0.25) is 0 Å². The number of carbonyl (C=O) groups is 1. The molecule has 4 rings (SSSR count). The molecule has 1 saturated carbocycles. The number of aryl methyl sites for hydroxylation is 1. The lowest BCUT2D eigenvalue weighted by Gasteiger charge is -2.36. The van der Waals surface area contributed by atoms with E-state index < -0.39 is 23.6 Å². The zero-order valence-electron chi connectivity index (χ0n) is 19.8. The van der Waals surface area contributed by atoms with Crippen LogP contribution in [-0.2, 0) is 19.0 Å². The Bertz CT molecular complexity index is 1080.